The molecule has 0 atom stereocenters. The van der Waals surface area contributed by atoms with Crippen molar-refractivity contribution in [1.29, 1.82) is 0 Å². The highest BCUT2D eigenvalue weighted by atomic mass is 32.2. The van der Waals surface area contributed by atoms with Crippen LogP contribution in [0.2, 0.25) is 0 Å². The molecule has 0 saturated heterocycles. The van der Waals surface area contributed by atoms with Crippen LogP contribution in [0.5, 0.6) is 0 Å². The highest BCUT2D eigenvalue weighted by Gasteiger charge is 2.83. The van der Waals surface area contributed by atoms with Gasteiger partial charge in [-0.1, -0.05) is 0 Å². The molecule has 26 heavy (non-hydrogen) atoms. The molecule has 0 saturated carbocycles. The van der Waals surface area contributed by atoms with Crippen LogP contribution in [0.1, 0.15) is 27.7 Å². The van der Waals surface area contributed by atoms with Crippen molar-refractivity contribution >= 4 is 17.4 Å². The van der Waals surface area contributed by atoms with E-state index in [2.05, 4.69) is 27.7 Å². The van der Waals surface area contributed by atoms with E-state index in [4.69, 9.17) is 0 Å². The molecule has 0 rings (SSSR count). The Morgan fingerprint density at radius 1 is 0.692 bits per heavy atom. The Kier molecular flexibility index (Phi) is 9.46. The van der Waals surface area contributed by atoms with E-state index in [9.17, 15) is 52.5 Å². The quantitative estimate of drug-likeness (QED) is 0.313. The first-order valence-electron chi connectivity index (χ1n) is 7.25. The molecule has 0 aromatic rings. The molecule has 0 N–H and O–H groups in total. The van der Waals surface area contributed by atoms with Crippen LogP contribution in [-0.4, -0.2) is 60.9 Å². The Morgan fingerprint density at radius 2 is 0.962 bits per heavy atom. The van der Waals surface area contributed by atoms with Crippen LogP contribution in [0.4, 0.5) is 39.5 Å². The monoisotopic (exact) mass is 446 g/mol. The third-order valence-electron chi connectivity index (χ3n) is 4.11. The first-order chi connectivity index (χ1) is 11.2. The van der Waals surface area contributed by atoms with Gasteiger partial charge < -0.3 is 4.55 Å². The lowest BCUT2D eigenvalue weighted by Gasteiger charge is -2.34. The number of hydrogen-bond acceptors (Lipinski definition) is 3. The van der Waals surface area contributed by atoms with E-state index in [0.29, 0.717) is 0 Å². The van der Waals surface area contributed by atoms with Gasteiger partial charge in [-0.25, -0.2) is 8.42 Å². The van der Waals surface area contributed by atoms with Crippen LogP contribution in [0, 0.1) is 0 Å². The molecule has 14 heteroatoms. The Bertz CT molecular complexity index is 525. The van der Waals surface area contributed by atoms with Crippen LogP contribution in [0.15, 0.2) is 0 Å². The van der Waals surface area contributed by atoms with E-state index in [1.165, 1.54) is 24.6 Å². The Morgan fingerprint density at radius 3 is 1.08 bits per heavy atom. The van der Waals surface area contributed by atoms with E-state index in [1.54, 1.807) is 0 Å². The van der Waals surface area contributed by atoms with E-state index in [-0.39, 0.29) is 0 Å². The largest absolute Gasteiger partial charge is 0.743 e. The lowest BCUT2D eigenvalue weighted by Crippen LogP contribution is -2.63. The molecule has 0 bridgehead atoms. The molecule has 0 amide bonds. The summed E-state index contributed by atoms with van der Waals surface area (Å²) < 4.78 is 135. The molecular formula is C12H20F9O3PS. The van der Waals surface area contributed by atoms with Crippen molar-refractivity contribution in [2.24, 2.45) is 0 Å². The van der Waals surface area contributed by atoms with Gasteiger partial charge in [0.2, 0.25) is 0 Å². The van der Waals surface area contributed by atoms with Crippen LogP contribution in [0.3, 0.4) is 0 Å². The molecule has 0 aliphatic rings. The van der Waals surface area contributed by atoms with Crippen LogP contribution in [-0.2, 0) is 10.1 Å². The Balaban J connectivity index is 0. The maximum absolute atomic E-state index is 12.2. The summed E-state index contributed by atoms with van der Waals surface area (Å²) in [6.45, 7) is 9.41. The molecular weight excluding hydrogens is 426 g/mol. The van der Waals surface area contributed by atoms with Gasteiger partial charge in [-0.3, -0.25) is 0 Å². The van der Waals surface area contributed by atoms with Gasteiger partial charge in [0.25, 0.3) is 0 Å². The van der Waals surface area contributed by atoms with Crippen molar-refractivity contribution in [3.63, 3.8) is 0 Å². The van der Waals surface area contributed by atoms with E-state index < -0.39 is 40.7 Å². The fraction of sp³-hybridized carbons (Fsp3) is 1.00. The minimum absolute atomic E-state index is 0.420. The third-order valence-corrected chi connectivity index (χ3v) is 10.4. The van der Waals surface area contributed by atoms with Crippen molar-refractivity contribution in [3.8, 4) is 0 Å². The number of alkyl halides is 9. The SMILES string of the molecule is CC[P+](CC)(CC)CC.O=S(=O)([O-])C(F)(F)C(F)(F)C(F)(F)C(F)(F)F. The second kappa shape index (κ2) is 8.81. The zero-order chi connectivity index (χ0) is 21.8. The summed E-state index contributed by atoms with van der Waals surface area (Å²) in [5, 5.41) is -7.11. The fourth-order valence-electron chi connectivity index (χ4n) is 1.86. The molecule has 0 aliphatic heterocycles. The molecule has 0 radical (unpaired) electrons. The second-order valence-electron chi connectivity index (χ2n) is 5.22. The molecule has 160 valence electrons. The predicted molar refractivity (Wildman–Crippen MR) is 79.7 cm³/mol. The molecule has 0 aromatic heterocycles. The summed E-state index contributed by atoms with van der Waals surface area (Å²) in [5.41, 5.74) is 0. The highest BCUT2D eigenvalue weighted by molar-refractivity contribution is 7.86. The molecule has 3 nitrogen and oxygen atoms in total. The zero-order valence-corrected chi connectivity index (χ0v) is 16.0. The maximum Gasteiger partial charge on any atom is 0.460 e. The number of hydrogen-bond donors (Lipinski definition) is 0. The Labute approximate surface area is 146 Å². The lowest BCUT2D eigenvalue weighted by atomic mass is 10.1. The molecule has 0 spiro atoms. The summed E-state index contributed by atoms with van der Waals surface area (Å²) in [4.78, 5) is 0. The topological polar surface area (TPSA) is 57.2 Å². The maximum atomic E-state index is 12.2. The fourth-order valence-corrected chi connectivity index (χ4v) is 4.98. The van der Waals surface area contributed by atoms with Crippen molar-refractivity contribution in [1.82, 2.24) is 0 Å². The molecule has 0 aliphatic carbocycles. The minimum atomic E-state index is -7.43. The van der Waals surface area contributed by atoms with Gasteiger partial charge in [0, 0.05) is 7.26 Å². The van der Waals surface area contributed by atoms with Gasteiger partial charge in [0.15, 0.2) is 10.1 Å². The van der Waals surface area contributed by atoms with Crippen molar-refractivity contribution in [3.05, 3.63) is 0 Å². The van der Waals surface area contributed by atoms with Gasteiger partial charge in [-0.15, -0.1) is 0 Å². The lowest BCUT2D eigenvalue weighted by molar-refractivity contribution is -0.382. The average Bonchev–Trinajstić information content (AvgIpc) is 2.48. The van der Waals surface area contributed by atoms with E-state index in [0.717, 1.165) is 0 Å². The predicted octanol–water partition coefficient (Wildman–Crippen LogP) is 5.04. The second-order valence-corrected chi connectivity index (χ2v) is 11.9. The minimum Gasteiger partial charge on any atom is -0.743 e. The highest BCUT2D eigenvalue weighted by Crippen LogP contribution is 2.57. The number of rotatable bonds is 7. The van der Waals surface area contributed by atoms with Gasteiger partial charge in [-0.05, 0) is 27.7 Å². The third kappa shape index (κ3) is 5.37. The van der Waals surface area contributed by atoms with E-state index in [1.807, 2.05) is 0 Å². The first kappa shape index (κ1) is 27.9. The summed E-state index contributed by atoms with van der Waals surface area (Å²) in [6.07, 6.45) is -1.34. The van der Waals surface area contributed by atoms with Crippen molar-refractivity contribution in [2.45, 2.75) is 51.0 Å². The van der Waals surface area contributed by atoms with Crippen LogP contribution in [0.25, 0.3) is 0 Å². The summed E-state index contributed by atoms with van der Waals surface area (Å²) in [7, 11) is -7.84. The summed E-state index contributed by atoms with van der Waals surface area (Å²) in [5.74, 6) is -14.8. The summed E-state index contributed by atoms with van der Waals surface area (Å²) in [6, 6.07) is 0. The molecule has 0 unspecified atom stereocenters. The number of halogens is 9. The van der Waals surface area contributed by atoms with Crippen LogP contribution < -0.4 is 0 Å². The van der Waals surface area contributed by atoms with Gasteiger partial charge in [0.05, 0.1) is 24.6 Å². The molecule has 0 aromatic carbocycles. The normalized spacial score (nSPS) is 14.7. The Hall–Kier alpha value is -0.290. The van der Waals surface area contributed by atoms with E-state index >= 15 is 0 Å². The van der Waals surface area contributed by atoms with Gasteiger partial charge in [0.1, 0.15) is 0 Å². The van der Waals surface area contributed by atoms with Gasteiger partial charge >= 0.3 is 23.3 Å². The van der Waals surface area contributed by atoms with Gasteiger partial charge in [-0.2, -0.15) is 39.5 Å². The summed E-state index contributed by atoms with van der Waals surface area (Å²) >= 11 is 0. The zero-order valence-electron chi connectivity index (χ0n) is 14.3. The molecule has 0 fully saturated rings. The van der Waals surface area contributed by atoms with Crippen molar-refractivity contribution < 1.29 is 52.5 Å². The first-order valence-corrected chi connectivity index (χ1v) is 11.2. The standard InChI is InChI=1S/C8H20P.C4HF9O3S/c1-5-9(6-2,7-3)8-4;5-1(6,3(9,10)11)2(7,8)4(12,13)17(14,15)16/h5-8H2,1-4H3;(H,14,15,16)/q+1;/p-1. The smallest absolute Gasteiger partial charge is 0.460 e. The molecule has 0 heterocycles. The van der Waals surface area contributed by atoms with Crippen LogP contribution >= 0.6 is 7.26 Å². The average molecular weight is 446 g/mol. The van der Waals surface area contributed by atoms with Crippen molar-refractivity contribution in [2.75, 3.05) is 24.6 Å².